The maximum Gasteiger partial charge on any atom is 0.472 e. The molecule has 3 atom stereocenters. The monoisotopic (exact) mass is 1120 g/mol. The number of hydrogen-bond donors (Lipinski definition) is 2. The Morgan fingerprint density at radius 3 is 1.18 bits per heavy atom. The number of phosphoric acid groups is 1. The maximum atomic E-state index is 13.6. The van der Waals surface area contributed by atoms with E-state index in [9.17, 15) is 19.0 Å². The molecule has 0 aromatic heterocycles. The van der Waals surface area contributed by atoms with Crippen molar-refractivity contribution in [1.29, 1.82) is 0 Å². The second-order valence-corrected chi connectivity index (χ2v) is 24.4. The molecule has 0 bridgehead atoms. The van der Waals surface area contributed by atoms with Crippen LogP contribution < -0.4 is 5.32 Å². The Balaban J connectivity index is 5.29. The third-order valence-electron chi connectivity index (χ3n) is 14.0. The highest BCUT2D eigenvalue weighted by Crippen LogP contribution is 2.43. The summed E-state index contributed by atoms with van der Waals surface area (Å²) < 4.78 is 30.7. The molecule has 0 aliphatic carbocycles. The molecule has 9 nitrogen and oxygen atoms in total. The van der Waals surface area contributed by atoms with Crippen molar-refractivity contribution in [3.63, 3.8) is 0 Å². The molecule has 0 heterocycles. The molecule has 79 heavy (non-hydrogen) atoms. The number of allylic oxidation sites excluding steroid dienone is 15. The summed E-state index contributed by atoms with van der Waals surface area (Å²) >= 11 is 0. The van der Waals surface area contributed by atoms with E-state index in [-0.39, 0.29) is 31.5 Å². The number of carbonyl (C=O) groups is 2. The number of nitrogens with one attached hydrogen (secondary N) is 1. The average molecular weight is 1120 g/mol. The van der Waals surface area contributed by atoms with Gasteiger partial charge in [-0.05, 0) is 115 Å². The molecular formula is C69H124N2O7P+. The molecule has 0 aromatic rings. The highest BCUT2D eigenvalue weighted by atomic mass is 31.2. The number of phosphoric ester groups is 1. The van der Waals surface area contributed by atoms with E-state index < -0.39 is 20.0 Å². The lowest BCUT2D eigenvalue weighted by atomic mass is 10.0. The minimum absolute atomic E-state index is 0.0294. The van der Waals surface area contributed by atoms with Gasteiger partial charge in [0, 0.05) is 12.8 Å². The summed E-state index contributed by atoms with van der Waals surface area (Å²) in [5.74, 6) is -0.543. The van der Waals surface area contributed by atoms with E-state index in [1.54, 1.807) is 0 Å². The Kier molecular flexibility index (Phi) is 55.9. The van der Waals surface area contributed by atoms with Crippen LogP contribution in [0.2, 0.25) is 0 Å². The molecule has 0 aliphatic rings. The molecular weight excluding hydrogens is 1000 g/mol. The van der Waals surface area contributed by atoms with Crippen molar-refractivity contribution in [2.24, 2.45) is 0 Å². The fourth-order valence-electron chi connectivity index (χ4n) is 8.93. The van der Waals surface area contributed by atoms with Gasteiger partial charge < -0.3 is 19.4 Å². The van der Waals surface area contributed by atoms with Crippen molar-refractivity contribution >= 4 is 19.7 Å². The van der Waals surface area contributed by atoms with E-state index in [1.807, 2.05) is 33.3 Å². The molecule has 10 heteroatoms. The van der Waals surface area contributed by atoms with Gasteiger partial charge in [0.05, 0.1) is 33.8 Å². The van der Waals surface area contributed by atoms with Gasteiger partial charge in [0.15, 0.2) is 0 Å². The number of hydrogen-bond acceptors (Lipinski definition) is 6. The van der Waals surface area contributed by atoms with E-state index >= 15 is 0 Å². The number of ether oxygens (including phenoxy) is 1. The van der Waals surface area contributed by atoms with E-state index in [1.165, 1.54) is 128 Å². The van der Waals surface area contributed by atoms with Gasteiger partial charge in [-0.2, -0.15) is 0 Å². The van der Waals surface area contributed by atoms with E-state index in [0.29, 0.717) is 17.4 Å². The first kappa shape index (κ1) is 75.9. The minimum atomic E-state index is -4.47. The van der Waals surface area contributed by atoms with Crippen molar-refractivity contribution in [2.75, 3.05) is 40.9 Å². The predicted octanol–water partition coefficient (Wildman–Crippen LogP) is 20.3. The smallest absolute Gasteiger partial charge is 0.456 e. The van der Waals surface area contributed by atoms with Crippen LogP contribution in [-0.4, -0.2) is 74.3 Å². The van der Waals surface area contributed by atoms with Crippen LogP contribution >= 0.6 is 7.82 Å². The van der Waals surface area contributed by atoms with E-state index in [4.69, 9.17) is 13.8 Å². The van der Waals surface area contributed by atoms with Crippen molar-refractivity contribution < 1.29 is 37.3 Å². The van der Waals surface area contributed by atoms with Gasteiger partial charge in [-0.3, -0.25) is 18.6 Å². The number of quaternary nitrogens is 1. The number of nitrogens with zero attached hydrogens (tertiary/aromatic N) is 1. The van der Waals surface area contributed by atoms with Gasteiger partial charge in [-0.25, -0.2) is 4.57 Å². The zero-order chi connectivity index (χ0) is 57.9. The third-order valence-corrected chi connectivity index (χ3v) is 15.0. The summed E-state index contributed by atoms with van der Waals surface area (Å²) in [6, 6.07) is -0.871. The Morgan fingerprint density at radius 2 is 0.772 bits per heavy atom. The van der Waals surface area contributed by atoms with Crippen molar-refractivity contribution in [3.05, 3.63) is 97.2 Å². The molecule has 0 aliphatic heterocycles. The lowest BCUT2D eigenvalue weighted by Crippen LogP contribution is -2.47. The molecule has 0 saturated heterocycles. The summed E-state index contributed by atoms with van der Waals surface area (Å²) in [6.45, 7) is 6.94. The molecule has 0 radical (unpaired) electrons. The van der Waals surface area contributed by atoms with Crippen LogP contribution in [0.3, 0.4) is 0 Å². The lowest BCUT2D eigenvalue weighted by molar-refractivity contribution is -0.870. The Hall–Kier alpha value is -3.07. The van der Waals surface area contributed by atoms with Crippen molar-refractivity contribution in [2.45, 2.75) is 290 Å². The third kappa shape index (κ3) is 59.4. The number of likely N-dealkylation sites (N-methyl/N-ethyl adjacent to an activating group) is 1. The van der Waals surface area contributed by atoms with Crippen LogP contribution in [-0.2, 0) is 27.9 Å². The zero-order valence-corrected chi connectivity index (χ0v) is 53.0. The predicted molar refractivity (Wildman–Crippen MR) is 341 cm³/mol. The van der Waals surface area contributed by atoms with Crippen molar-refractivity contribution in [3.8, 4) is 0 Å². The first-order valence-corrected chi connectivity index (χ1v) is 34.1. The SMILES string of the molecule is CCCCC/C=C\C/C=C\C/C=C\C/C=C\CCCCCCCCCC(=O)OC(/C=C\CCCCCCCCCCCCC)C(COP(=O)(O)OCC[N+](C)(C)C)NC(=O)CCCCCC/C=C\C/C=C\C/C=C\CCCCC. The number of unbranched alkanes of at least 4 members (excludes halogenated alkanes) is 28. The standard InChI is InChI=1S/C69H123N2O7P/c1-7-10-13-16-19-22-25-28-30-32-33-34-35-36-37-39-41-44-47-50-53-56-59-62-69(73)78-67(60-57-54-51-48-45-42-27-24-21-18-15-12-9-3)66(65-77-79(74,75)76-64-63-71(4,5)6)70-68(72)61-58-55-52-49-46-43-40-38-31-29-26-23-20-17-14-11-8-2/h19-20,22-23,28-31,33-34,36-37,40,43,57,60,66-67H,7-18,21,24-27,32,35,38-39,41-42,44-56,58-59,61-65H2,1-6H3,(H-,70,72,74,75)/p+1/b22-19-,23-20-,30-28-,31-29-,34-33-,37-36-,43-40-,60-57-. The molecule has 0 fully saturated rings. The maximum absolute atomic E-state index is 13.6. The second kappa shape index (κ2) is 58.1. The lowest BCUT2D eigenvalue weighted by Gasteiger charge is -2.27. The van der Waals surface area contributed by atoms with Crippen LogP contribution in [0.4, 0.5) is 0 Å². The van der Waals surface area contributed by atoms with Crippen molar-refractivity contribution in [1.82, 2.24) is 5.32 Å². The molecule has 3 unspecified atom stereocenters. The van der Waals surface area contributed by atoms with Gasteiger partial charge >= 0.3 is 13.8 Å². The summed E-state index contributed by atoms with van der Waals surface area (Å²) in [5.41, 5.74) is 0. The highest BCUT2D eigenvalue weighted by molar-refractivity contribution is 7.47. The molecule has 2 N–H and O–H groups in total. The first-order chi connectivity index (χ1) is 38.4. The summed E-state index contributed by atoms with van der Waals surface area (Å²) in [7, 11) is 1.46. The molecule has 456 valence electrons. The van der Waals surface area contributed by atoms with Gasteiger partial charge in [0.2, 0.25) is 5.91 Å². The van der Waals surface area contributed by atoms with Crippen LogP contribution in [0.15, 0.2) is 97.2 Å². The molecule has 0 saturated carbocycles. The fourth-order valence-corrected chi connectivity index (χ4v) is 9.67. The molecule has 1 amide bonds. The molecule has 0 rings (SSSR count). The Bertz CT molecular complexity index is 1670. The van der Waals surface area contributed by atoms with E-state index in [0.717, 1.165) is 116 Å². The fraction of sp³-hybridized carbons (Fsp3) is 0.739. The normalized spacial score (nSPS) is 14.3. The average Bonchev–Trinajstić information content (AvgIpc) is 3.41. The summed E-state index contributed by atoms with van der Waals surface area (Å²) in [5, 5.41) is 3.04. The summed E-state index contributed by atoms with van der Waals surface area (Å²) in [6.07, 6.45) is 78.3. The largest absolute Gasteiger partial charge is 0.472 e. The van der Waals surface area contributed by atoms with Crippen LogP contribution in [0.5, 0.6) is 0 Å². The minimum Gasteiger partial charge on any atom is -0.456 e. The van der Waals surface area contributed by atoms with Gasteiger partial charge in [-0.15, -0.1) is 0 Å². The van der Waals surface area contributed by atoms with Crippen LogP contribution in [0.25, 0.3) is 0 Å². The molecule has 0 aromatic carbocycles. The Labute approximate surface area is 488 Å². The topological polar surface area (TPSA) is 111 Å². The van der Waals surface area contributed by atoms with Crippen LogP contribution in [0.1, 0.15) is 278 Å². The first-order valence-electron chi connectivity index (χ1n) is 32.6. The summed E-state index contributed by atoms with van der Waals surface area (Å²) in [4.78, 5) is 37.8. The second-order valence-electron chi connectivity index (χ2n) is 22.9. The highest BCUT2D eigenvalue weighted by Gasteiger charge is 2.30. The number of carbonyl (C=O) groups excluding carboxylic acids is 2. The molecule has 0 spiro atoms. The van der Waals surface area contributed by atoms with E-state index in [2.05, 4.69) is 111 Å². The van der Waals surface area contributed by atoms with Gasteiger partial charge in [-0.1, -0.05) is 247 Å². The number of amides is 1. The van der Waals surface area contributed by atoms with Crippen LogP contribution in [0, 0.1) is 0 Å². The quantitative estimate of drug-likeness (QED) is 0.0205. The van der Waals surface area contributed by atoms with Gasteiger partial charge in [0.1, 0.15) is 19.3 Å². The number of esters is 1. The van der Waals surface area contributed by atoms with Gasteiger partial charge in [0.25, 0.3) is 0 Å². The number of rotatable bonds is 58. The Morgan fingerprint density at radius 1 is 0.443 bits per heavy atom. The zero-order valence-electron chi connectivity index (χ0n) is 52.1.